The van der Waals surface area contributed by atoms with Gasteiger partial charge in [0.1, 0.15) is 23.5 Å². The molecule has 168 valence electrons. The van der Waals surface area contributed by atoms with Crippen molar-refractivity contribution in [3.05, 3.63) is 60.7 Å². The number of pyridine rings is 2. The van der Waals surface area contributed by atoms with Crippen molar-refractivity contribution in [3.63, 3.8) is 0 Å². The third kappa shape index (κ3) is 4.40. The van der Waals surface area contributed by atoms with Gasteiger partial charge in [0, 0.05) is 36.4 Å². The summed E-state index contributed by atoms with van der Waals surface area (Å²) in [5.74, 6) is 0.768. The number of carbonyl (C=O) groups is 1. The molecule has 9 heteroatoms. The molecule has 0 unspecified atom stereocenters. The zero-order chi connectivity index (χ0) is 22.8. The molecule has 33 heavy (non-hydrogen) atoms. The predicted molar refractivity (Wildman–Crippen MR) is 126 cm³/mol. The molecule has 1 N–H and O–H groups in total. The summed E-state index contributed by atoms with van der Waals surface area (Å²) < 4.78 is 7.38. The lowest BCUT2D eigenvalue weighted by atomic mass is 10.1. The summed E-state index contributed by atoms with van der Waals surface area (Å²) in [5, 5.41) is 13.0. The Hall–Kier alpha value is -3.85. The first kappa shape index (κ1) is 21.0. The topological polar surface area (TPSA) is 98.1 Å². The molecular formula is C24H25N7O2. The Morgan fingerprint density at radius 2 is 1.94 bits per heavy atom. The molecule has 1 aliphatic heterocycles. The molecule has 1 amide bonds. The van der Waals surface area contributed by atoms with Crippen molar-refractivity contribution in [1.82, 2.24) is 24.7 Å². The third-order valence-electron chi connectivity index (χ3n) is 5.66. The quantitative estimate of drug-likeness (QED) is 0.504. The van der Waals surface area contributed by atoms with E-state index in [0.29, 0.717) is 23.0 Å². The van der Waals surface area contributed by atoms with Crippen LogP contribution in [0.2, 0.25) is 0 Å². The van der Waals surface area contributed by atoms with Crippen LogP contribution >= 0.6 is 0 Å². The number of morpholine rings is 1. The highest BCUT2D eigenvalue weighted by molar-refractivity contribution is 6.04. The lowest BCUT2D eigenvalue weighted by molar-refractivity contribution is 0.102. The number of anilines is 2. The van der Waals surface area contributed by atoms with E-state index >= 15 is 0 Å². The molecule has 0 radical (unpaired) electrons. The maximum atomic E-state index is 12.9. The summed E-state index contributed by atoms with van der Waals surface area (Å²) in [5.41, 5.74) is 2.09. The van der Waals surface area contributed by atoms with Gasteiger partial charge in [-0.15, -0.1) is 10.2 Å². The van der Waals surface area contributed by atoms with Gasteiger partial charge in [0.05, 0.1) is 13.2 Å². The summed E-state index contributed by atoms with van der Waals surface area (Å²) >= 11 is 0. The average molecular weight is 444 g/mol. The Bertz CT molecular complexity index is 1290. The largest absolute Gasteiger partial charge is 0.378 e. The predicted octanol–water partition coefficient (Wildman–Crippen LogP) is 3.56. The molecule has 0 aliphatic carbocycles. The summed E-state index contributed by atoms with van der Waals surface area (Å²) in [7, 11) is 0. The normalized spacial score (nSPS) is 14.1. The number of aromatic nitrogens is 5. The van der Waals surface area contributed by atoms with E-state index in [1.54, 1.807) is 18.6 Å². The lowest BCUT2D eigenvalue weighted by Gasteiger charge is -2.29. The second-order valence-corrected chi connectivity index (χ2v) is 8.22. The third-order valence-corrected chi connectivity index (χ3v) is 5.66. The zero-order valence-electron chi connectivity index (χ0n) is 18.6. The first-order valence-electron chi connectivity index (χ1n) is 11.0. The molecule has 0 saturated carbocycles. The molecule has 4 heterocycles. The monoisotopic (exact) mass is 443 g/mol. The highest BCUT2D eigenvalue weighted by Crippen LogP contribution is 2.24. The molecular weight excluding hydrogens is 418 g/mol. The van der Waals surface area contributed by atoms with Gasteiger partial charge in [0.2, 0.25) is 0 Å². The molecule has 0 spiro atoms. The first-order chi connectivity index (χ1) is 16.1. The minimum Gasteiger partial charge on any atom is -0.378 e. The fraction of sp³-hybridized carbons (Fsp3) is 0.292. The van der Waals surface area contributed by atoms with Crippen LogP contribution in [-0.4, -0.2) is 56.9 Å². The Balaban J connectivity index is 1.38. The molecule has 1 aromatic carbocycles. The van der Waals surface area contributed by atoms with E-state index in [1.165, 1.54) is 0 Å². The van der Waals surface area contributed by atoms with E-state index in [2.05, 4.69) is 42.5 Å². The smallest absolute Gasteiger partial charge is 0.275 e. The summed E-state index contributed by atoms with van der Waals surface area (Å²) in [6, 6.07) is 13.6. The van der Waals surface area contributed by atoms with Gasteiger partial charge in [-0.2, -0.15) is 0 Å². The van der Waals surface area contributed by atoms with E-state index < -0.39 is 0 Å². The van der Waals surface area contributed by atoms with Crippen LogP contribution in [0.4, 0.5) is 11.5 Å². The van der Waals surface area contributed by atoms with Gasteiger partial charge in [-0.3, -0.25) is 9.78 Å². The number of nitrogens with one attached hydrogen (secondary N) is 1. The molecule has 3 aromatic heterocycles. The van der Waals surface area contributed by atoms with Gasteiger partial charge >= 0.3 is 0 Å². The van der Waals surface area contributed by atoms with Crippen molar-refractivity contribution in [3.8, 4) is 11.5 Å². The number of hydrogen-bond donors (Lipinski definition) is 1. The Labute approximate surface area is 191 Å². The number of carbonyl (C=O) groups excluding carboxylic acids is 1. The summed E-state index contributed by atoms with van der Waals surface area (Å²) in [4.78, 5) is 24.1. The Morgan fingerprint density at radius 3 is 2.76 bits per heavy atom. The molecule has 0 bridgehead atoms. The van der Waals surface area contributed by atoms with Crippen molar-refractivity contribution in [1.29, 1.82) is 0 Å². The van der Waals surface area contributed by atoms with Crippen molar-refractivity contribution in [2.45, 2.75) is 19.9 Å². The van der Waals surface area contributed by atoms with Gasteiger partial charge < -0.3 is 19.5 Å². The Morgan fingerprint density at radius 1 is 1.09 bits per heavy atom. The van der Waals surface area contributed by atoms with Crippen LogP contribution in [-0.2, 0) is 4.74 Å². The fourth-order valence-electron chi connectivity index (χ4n) is 3.88. The summed E-state index contributed by atoms with van der Waals surface area (Å²) in [6.45, 7) is 7.26. The second-order valence-electron chi connectivity index (χ2n) is 8.22. The van der Waals surface area contributed by atoms with Crippen molar-refractivity contribution >= 4 is 28.2 Å². The molecule has 0 atom stereocenters. The number of amides is 1. The van der Waals surface area contributed by atoms with Gasteiger partial charge in [-0.05, 0) is 49.6 Å². The number of benzene rings is 1. The first-order valence-corrected chi connectivity index (χ1v) is 11.0. The van der Waals surface area contributed by atoms with Crippen LogP contribution in [0.15, 0.2) is 55.0 Å². The van der Waals surface area contributed by atoms with Crippen LogP contribution < -0.4 is 10.2 Å². The molecule has 5 rings (SSSR count). The van der Waals surface area contributed by atoms with Crippen LogP contribution in [0, 0.1) is 0 Å². The van der Waals surface area contributed by atoms with E-state index in [0.717, 1.165) is 42.8 Å². The summed E-state index contributed by atoms with van der Waals surface area (Å²) in [6.07, 6.45) is 3.40. The van der Waals surface area contributed by atoms with E-state index in [4.69, 9.17) is 4.74 Å². The van der Waals surface area contributed by atoms with E-state index in [-0.39, 0.29) is 11.9 Å². The van der Waals surface area contributed by atoms with E-state index in [1.807, 2.05) is 42.7 Å². The van der Waals surface area contributed by atoms with E-state index in [9.17, 15) is 4.79 Å². The molecule has 4 aromatic rings. The van der Waals surface area contributed by atoms with Crippen molar-refractivity contribution < 1.29 is 9.53 Å². The van der Waals surface area contributed by atoms with Crippen LogP contribution in [0.25, 0.3) is 22.3 Å². The van der Waals surface area contributed by atoms with Gasteiger partial charge in [0.15, 0.2) is 5.82 Å². The van der Waals surface area contributed by atoms with Gasteiger partial charge in [0.25, 0.3) is 5.91 Å². The lowest BCUT2D eigenvalue weighted by Crippen LogP contribution is -2.36. The fourth-order valence-corrected chi connectivity index (χ4v) is 3.88. The SMILES string of the molecule is CC(C)n1cnnc1-c1cccc(NC(=O)c2cc3cc(N4CCOCC4)ccc3cn2)n1. The average Bonchev–Trinajstić information content (AvgIpc) is 3.35. The highest BCUT2D eigenvalue weighted by Gasteiger charge is 2.15. The minimum absolute atomic E-state index is 0.194. The van der Waals surface area contributed by atoms with Gasteiger partial charge in [-0.25, -0.2) is 4.98 Å². The number of nitrogens with zero attached hydrogens (tertiary/aromatic N) is 6. The Kier molecular flexibility index (Phi) is 5.70. The van der Waals surface area contributed by atoms with Crippen LogP contribution in [0.3, 0.4) is 0 Å². The number of ether oxygens (including phenoxy) is 1. The molecule has 1 fully saturated rings. The highest BCUT2D eigenvalue weighted by atomic mass is 16.5. The second kappa shape index (κ2) is 8.95. The minimum atomic E-state index is -0.316. The van der Waals surface area contributed by atoms with Crippen LogP contribution in [0.5, 0.6) is 0 Å². The molecule has 1 saturated heterocycles. The maximum Gasteiger partial charge on any atom is 0.275 e. The number of fused-ring (bicyclic) bond motifs is 1. The van der Waals surface area contributed by atoms with Crippen LogP contribution in [0.1, 0.15) is 30.4 Å². The number of rotatable bonds is 5. The zero-order valence-corrected chi connectivity index (χ0v) is 18.6. The molecule has 1 aliphatic rings. The van der Waals surface area contributed by atoms with Crippen molar-refractivity contribution in [2.75, 3.05) is 36.5 Å². The standard InChI is InChI=1S/C24H25N7O2/c1-16(2)31-15-26-29-23(31)20-4-3-5-22(27-20)28-24(32)21-13-18-12-19(7-6-17(18)14-25-21)30-8-10-33-11-9-30/h3-7,12-16H,8-11H2,1-2H3,(H,27,28,32). The maximum absolute atomic E-state index is 12.9. The number of hydrogen-bond acceptors (Lipinski definition) is 7. The van der Waals surface area contributed by atoms with Gasteiger partial charge in [-0.1, -0.05) is 12.1 Å². The molecule has 9 nitrogen and oxygen atoms in total. The van der Waals surface area contributed by atoms with Crippen molar-refractivity contribution in [2.24, 2.45) is 0 Å².